The van der Waals surface area contributed by atoms with Crippen molar-refractivity contribution in [3.05, 3.63) is 96.7 Å². The Labute approximate surface area is 181 Å². The van der Waals surface area contributed by atoms with Crippen LogP contribution in [0.25, 0.3) is 11.2 Å². The number of hydrogen-bond donors (Lipinski definition) is 1. The van der Waals surface area contributed by atoms with E-state index in [1.165, 1.54) is 30.0 Å². The number of nitro benzene ring substituents is 1. The van der Waals surface area contributed by atoms with Gasteiger partial charge in [-0.15, -0.1) is 0 Å². The second kappa shape index (κ2) is 8.30. The Morgan fingerprint density at radius 2 is 1.84 bits per heavy atom. The summed E-state index contributed by atoms with van der Waals surface area (Å²) in [5, 5.41) is 15.1. The zero-order chi connectivity index (χ0) is 22.8. The first-order chi connectivity index (χ1) is 15.4. The predicted molar refractivity (Wildman–Crippen MR) is 120 cm³/mol. The first kappa shape index (κ1) is 20.7. The normalized spacial score (nSPS) is 11.3. The molecule has 0 radical (unpaired) electrons. The molecule has 11 heteroatoms. The number of rotatable bonds is 6. The number of nitrogens with zero attached hydrogens (tertiary/aromatic N) is 6. The molecule has 32 heavy (non-hydrogen) atoms. The molecule has 4 rings (SSSR count). The van der Waals surface area contributed by atoms with Crippen LogP contribution < -0.4 is 16.7 Å². The van der Waals surface area contributed by atoms with Gasteiger partial charge in [0, 0.05) is 31.8 Å². The number of imidazole rings is 1. The quantitative estimate of drug-likeness (QED) is 0.281. The fraction of sp³-hybridized carbons (Fsp3) is 0.143. The van der Waals surface area contributed by atoms with E-state index in [1.807, 2.05) is 30.3 Å². The first-order valence-corrected chi connectivity index (χ1v) is 9.60. The van der Waals surface area contributed by atoms with Gasteiger partial charge in [0.1, 0.15) is 0 Å². The number of anilines is 1. The summed E-state index contributed by atoms with van der Waals surface area (Å²) in [6.45, 7) is 0.319. The summed E-state index contributed by atoms with van der Waals surface area (Å²) in [5.74, 6) is 0.254. The van der Waals surface area contributed by atoms with Crippen molar-refractivity contribution in [1.29, 1.82) is 0 Å². The molecule has 0 spiro atoms. The topological polar surface area (TPSA) is 129 Å². The van der Waals surface area contributed by atoms with Crippen molar-refractivity contribution in [2.75, 3.05) is 5.43 Å². The Kier molecular flexibility index (Phi) is 5.37. The summed E-state index contributed by atoms with van der Waals surface area (Å²) >= 11 is 0. The van der Waals surface area contributed by atoms with Crippen molar-refractivity contribution in [2.45, 2.75) is 6.54 Å². The molecule has 2 aromatic carbocycles. The fourth-order valence-electron chi connectivity index (χ4n) is 3.33. The second-order valence-electron chi connectivity index (χ2n) is 7.11. The van der Waals surface area contributed by atoms with E-state index < -0.39 is 16.2 Å². The Morgan fingerprint density at radius 3 is 2.56 bits per heavy atom. The largest absolute Gasteiger partial charge is 0.332 e. The smallest absolute Gasteiger partial charge is 0.298 e. The highest BCUT2D eigenvalue weighted by Crippen LogP contribution is 2.18. The van der Waals surface area contributed by atoms with Crippen LogP contribution in [0.3, 0.4) is 0 Å². The van der Waals surface area contributed by atoms with E-state index in [-0.39, 0.29) is 22.8 Å². The van der Waals surface area contributed by atoms with Crippen molar-refractivity contribution in [3.8, 4) is 0 Å². The van der Waals surface area contributed by atoms with Crippen molar-refractivity contribution in [1.82, 2.24) is 18.7 Å². The fourth-order valence-corrected chi connectivity index (χ4v) is 3.33. The molecule has 0 unspecified atom stereocenters. The van der Waals surface area contributed by atoms with Crippen LogP contribution >= 0.6 is 0 Å². The van der Waals surface area contributed by atoms with Gasteiger partial charge in [-0.3, -0.25) is 28.6 Å². The van der Waals surface area contributed by atoms with E-state index in [0.717, 1.165) is 10.1 Å². The third kappa shape index (κ3) is 3.78. The molecule has 2 heterocycles. The maximum absolute atomic E-state index is 12.9. The molecule has 162 valence electrons. The van der Waals surface area contributed by atoms with Gasteiger partial charge in [0.15, 0.2) is 11.2 Å². The van der Waals surface area contributed by atoms with Crippen LogP contribution in [-0.4, -0.2) is 29.8 Å². The molecule has 0 amide bonds. The maximum Gasteiger partial charge on any atom is 0.332 e. The lowest BCUT2D eigenvalue weighted by Crippen LogP contribution is -2.37. The van der Waals surface area contributed by atoms with E-state index in [0.29, 0.717) is 12.1 Å². The van der Waals surface area contributed by atoms with Crippen molar-refractivity contribution in [2.24, 2.45) is 19.2 Å². The van der Waals surface area contributed by atoms with Crippen LogP contribution in [-0.2, 0) is 20.6 Å². The van der Waals surface area contributed by atoms with Crippen molar-refractivity contribution < 1.29 is 4.92 Å². The van der Waals surface area contributed by atoms with E-state index in [1.54, 1.807) is 23.7 Å². The molecule has 0 atom stereocenters. The number of fused-ring (bicyclic) bond motifs is 1. The molecule has 2 aromatic heterocycles. The van der Waals surface area contributed by atoms with Gasteiger partial charge >= 0.3 is 5.69 Å². The summed E-state index contributed by atoms with van der Waals surface area (Å²) in [6.07, 6.45) is 1.41. The van der Waals surface area contributed by atoms with Gasteiger partial charge in [0.05, 0.1) is 17.7 Å². The minimum absolute atomic E-state index is 0.0521. The molecule has 4 aromatic rings. The van der Waals surface area contributed by atoms with Crippen LogP contribution in [0, 0.1) is 10.1 Å². The summed E-state index contributed by atoms with van der Waals surface area (Å²) in [5.41, 5.74) is 3.71. The van der Waals surface area contributed by atoms with E-state index in [4.69, 9.17) is 0 Å². The van der Waals surface area contributed by atoms with E-state index in [2.05, 4.69) is 15.5 Å². The van der Waals surface area contributed by atoms with Gasteiger partial charge in [0.2, 0.25) is 5.95 Å². The third-order valence-electron chi connectivity index (χ3n) is 4.99. The number of aromatic nitrogens is 4. The van der Waals surface area contributed by atoms with Crippen LogP contribution in [0.1, 0.15) is 11.1 Å². The van der Waals surface area contributed by atoms with E-state index in [9.17, 15) is 19.7 Å². The Hall–Kier alpha value is -4.54. The number of nitro groups is 1. The van der Waals surface area contributed by atoms with Crippen molar-refractivity contribution in [3.63, 3.8) is 0 Å². The van der Waals surface area contributed by atoms with Gasteiger partial charge in [-0.25, -0.2) is 10.2 Å². The molecule has 0 aliphatic rings. The SMILES string of the molecule is Cn1c(=O)c2c(nc(N/N=C\c3cccc([N+](=O)[O-])c3)n2Cc2ccccc2)n(C)c1=O. The lowest BCUT2D eigenvalue weighted by atomic mass is 10.2. The Morgan fingerprint density at radius 1 is 1.09 bits per heavy atom. The summed E-state index contributed by atoms with van der Waals surface area (Å²) in [6, 6.07) is 15.5. The predicted octanol–water partition coefficient (Wildman–Crippen LogP) is 1.84. The van der Waals surface area contributed by atoms with Crippen LogP contribution in [0.2, 0.25) is 0 Å². The standard InChI is InChI=1S/C21H19N7O4/c1-25-18-17(19(29)26(2)21(25)30)27(13-14-7-4-3-5-8-14)20(23-18)24-22-12-15-9-6-10-16(11-15)28(31)32/h3-12H,13H2,1-2H3,(H,23,24)/b22-12-. The molecule has 0 saturated heterocycles. The highest BCUT2D eigenvalue weighted by molar-refractivity contribution is 5.81. The summed E-state index contributed by atoms with van der Waals surface area (Å²) < 4.78 is 3.98. The molecule has 0 fully saturated rings. The number of non-ortho nitro benzene ring substituents is 1. The van der Waals surface area contributed by atoms with Gasteiger partial charge in [-0.2, -0.15) is 10.1 Å². The minimum atomic E-state index is -0.487. The molecule has 0 aliphatic heterocycles. The molecule has 0 bridgehead atoms. The molecular formula is C21H19N7O4. The molecular weight excluding hydrogens is 414 g/mol. The number of aryl methyl sites for hydroxylation is 1. The van der Waals surface area contributed by atoms with Gasteiger partial charge in [-0.05, 0) is 5.56 Å². The van der Waals surface area contributed by atoms with Gasteiger partial charge in [-0.1, -0.05) is 42.5 Å². The molecule has 11 nitrogen and oxygen atoms in total. The first-order valence-electron chi connectivity index (χ1n) is 9.60. The van der Waals surface area contributed by atoms with E-state index >= 15 is 0 Å². The van der Waals surface area contributed by atoms with Crippen LogP contribution in [0.5, 0.6) is 0 Å². The minimum Gasteiger partial charge on any atom is -0.298 e. The lowest BCUT2D eigenvalue weighted by Gasteiger charge is -2.09. The monoisotopic (exact) mass is 433 g/mol. The lowest BCUT2D eigenvalue weighted by molar-refractivity contribution is -0.384. The van der Waals surface area contributed by atoms with Gasteiger partial charge in [0.25, 0.3) is 11.2 Å². The maximum atomic E-state index is 12.9. The summed E-state index contributed by atoms with van der Waals surface area (Å²) in [7, 11) is 2.96. The van der Waals surface area contributed by atoms with Crippen LogP contribution in [0.4, 0.5) is 11.6 Å². The Balaban J connectivity index is 1.79. The third-order valence-corrected chi connectivity index (χ3v) is 4.99. The second-order valence-corrected chi connectivity index (χ2v) is 7.11. The van der Waals surface area contributed by atoms with Crippen LogP contribution in [0.15, 0.2) is 69.3 Å². The molecule has 0 aliphatic carbocycles. The number of benzene rings is 2. The zero-order valence-corrected chi connectivity index (χ0v) is 17.3. The summed E-state index contributed by atoms with van der Waals surface area (Å²) in [4.78, 5) is 40.1. The Bertz CT molecular complexity index is 1470. The molecule has 0 saturated carbocycles. The molecule has 1 N–H and O–H groups in total. The zero-order valence-electron chi connectivity index (χ0n) is 17.3. The number of hydrazone groups is 1. The highest BCUT2D eigenvalue weighted by atomic mass is 16.6. The highest BCUT2D eigenvalue weighted by Gasteiger charge is 2.19. The average Bonchev–Trinajstić information content (AvgIpc) is 3.15. The number of hydrogen-bond acceptors (Lipinski definition) is 7. The van der Waals surface area contributed by atoms with Crippen molar-refractivity contribution >= 4 is 29.0 Å². The van der Waals surface area contributed by atoms with Gasteiger partial charge < -0.3 is 0 Å². The average molecular weight is 433 g/mol. The number of nitrogens with one attached hydrogen (secondary N) is 1.